The van der Waals surface area contributed by atoms with Gasteiger partial charge in [0.2, 0.25) is 5.22 Å². The SMILES string of the molecule is CCCCN(C=C(Cl)OCC)P(=O)(Cl)Cl. The lowest BCUT2D eigenvalue weighted by Gasteiger charge is -2.20. The zero-order chi connectivity index (χ0) is 11.9. The van der Waals surface area contributed by atoms with Gasteiger partial charge in [-0.05, 0) is 47.4 Å². The fourth-order valence-electron chi connectivity index (χ4n) is 0.861. The molecule has 0 spiro atoms. The van der Waals surface area contributed by atoms with E-state index < -0.39 is 6.00 Å². The quantitative estimate of drug-likeness (QED) is 0.501. The van der Waals surface area contributed by atoms with Gasteiger partial charge in [-0.1, -0.05) is 13.3 Å². The summed E-state index contributed by atoms with van der Waals surface area (Å²) in [5.74, 6) is -3.35. The Bertz CT molecular complexity index is 254. The maximum Gasteiger partial charge on any atom is 0.345 e. The van der Waals surface area contributed by atoms with E-state index in [0.29, 0.717) is 13.2 Å². The monoisotopic (exact) mass is 293 g/mol. The van der Waals surface area contributed by atoms with Gasteiger partial charge in [0, 0.05) is 6.54 Å². The predicted octanol–water partition coefficient (Wildman–Crippen LogP) is 4.75. The zero-order valence-corrected chi connectivity index (χ0v) is 11.9. The van der Waals surface area contributed by atoms with Crippen LogP contribution >= 0.6 is 40.1 Å². The number of ether oxygens (including phenoxy) is 1. The van der Waals surface area contributed by atoms with Gasteiger partial charge >= 0.3 is 6.00 Å². The topological polar surface area (TPSA) is 29.5 Å². The highest BCUT2D eigenvalue weighted by Gasteiger charge is 2.22. The largest absolute Gasteiger partial charge is 0.482 e. The second-order valence-corrected chi connectivity index (χ2v) is 7.84. The molecule has 15 heavy (non-hydrogen) atoms. The number of unbranched alkanes of at least 4 members (excludes halogenated alkanes) is 1. The normalized spacial score (nSPS) is 12.7. The highest BCUT2D eigenvalue weighted by Crippen LogP contribution is 2.60. The molecular weight excluding hydrogens is 279 g/mol. The molecule has 0 aliphatic heterocycles. The lowest BCUT2D eigenvalue weighted by Crippen LogP contribution is -2.11. The van der Waals surface area contributed by atoms with Crippen molar-refractivity contribution in [3.63, 3.8) is 0 Å². The van der Waals surface area contributed by atoms with Crippen molar-refractivity contribution in [2.45, 2.75) is 26.7 Å². The van der Waals surface area contributed by atoms with E-state index in [9.17, 15) is 4.57 Å². The van der Waals surface area contributed by atoms with Crippen molar-refractivity contribution in [1.29, 1.82) is 0 Å². The number of nitrogens with zero attached hydrogens (tertiary/aromatic N) is 1. The van der Waals surface area contributed by atoms with Crippen molar-refractivity contribution in [3.8, 4) is 0 Å². The summed E-state index contributed by atoms with van der Waals surface area (Å²) < 4.78 is 17.8. The molecule has 0 aromatic rings. The first-order valence-electron chi connectivity index (χ1n) is 4.68. The Hall–Kier alpha value is 0.440. The van der Waals surface area contributed by atoms with Gasteiger partial charge in [0.15, 0.2) is 0 Å². The van der Waals surface area contributed by atoms with Crippen molar-refractivity contribution in [2.75, 3.05) is 13.2 Å². The summed E-state index contributed by atoms with van der Waals surface area (Å²) in [6.07, 6.45) is 3.15. The van der Waals surface area contributed by atoms with Gasteiger partial charge in [-0.25, -0.2) is 0 Å². The molecule has 7 heteroatoms. The third-order valence-electron chi connectivity index (χ3n) is 1.57. The minimum atomic E-state index is -3.35. The first kappa shape index (κ1) is 15.4. The van der Waals surface area contributed by atoms with E-state index in [1.54, 1.807) is 6.92 Å². The molecule has 0 rings (SSSR count). The molecule has 0 N–H and O–H groups in total. The van der Waals surface area contributed by atoms with E-state index in [2.05, 4.69) is 0 Å². The smallest absolute Gasteiger partial charge is 0.345 e. The van der Waals surface area contributed by atoms with Gasteiger partial charge in [-0.15, -0.1) is 0 Å². The second kappa shape index (κ2) is 7.67. The summed E-state index contributed by atoms with van der Waals surface area (Å²) in [6.45, 7) is 4.74. The van der Waals surface area contributed by atoms with Crippen LogP contribution in [-0.2, 0) is 9.30 Å². The summed E-state index contributed by atoms with van der Waals surface area (Å²) in [5.41, 5.74) is 0. The highest BCUT2D eigenvalue weighted by molar-refractivity contribution is 8.07. The van der Waals surface area contributed by atoms with Crippen molar-refractivity contribution >= 4 is 40.1 Å². The van der Waals surface area contributed by atoms with Gasteiger partial charge < -0.3 is 9.41 Å². The molecule has 0 aromatic heterocycles. The molecule has 0 heterocycles. The Labute approximate surface area is 105 Å². The third kappa shape index (κ3) is 7.35. The van der Waals surface area contributed by atoms with Crippen molar-refractivity contribution in [2.24, 2.45) is 0 Å². The average Bonchev–Trinajstić information content (AvgIpc) is 2.10. The number of halogens is 3. The first-order chi connectivity index (χ1) is 6.91. The number of rotatable bonds is 7. The lowest BCUT2D eigenvalue weighted by molar-refractivity contribution is 0.249. The molecule has 90 valence electrons. The maximum absolute atomic E-state index is 11.5. The molecular formula is C8H15Cl3NO2P. The average molecular weight is 295 g/mol. The Morgan fingerprint density at radius 2 is 2.07 bits per heavy atom. The summed E-state index contributed by atoms with van der Waals surface area (Å²) in [4.78, 5) is 0. The summed E-state index contributed by atoms with van der Waals surface area (Å²) in [7, 11) is 0. The van der Waals surface area contributed by atoms with Gasteiger partial charge in [0.1, 0.15) is 0 Å². The lowest BCUT2D eigenvalue weighted by atomic mass is 10.3. The zero-order valence-electron chi connectivity index (χ0n) is 8.75. The highest BCUT2D eigenvalue weighted by atomic mass is 35.9. The van der Waals surface area contributed by atoms with Gasteiger partial charge in [0.05, 0.1) is 12.8 Å². The number of hydrogen-bond donors (Lipinski definition) is 0. The summed E-state index contributed by atoms with van der Waals surface area (Å²) >= 11 is 16.9. The Kier molecular flexibility index (Phi) is 7.90. The fraction of sp³-hybridized carbons (Fsp3) is 0.750. The predicted molar refractivity (Wildman–Crippen MR) is 66.5 cm³/mol. The van der Waals surface area contributed by atoms with Gasteiger partial charge in [-0.3, -0.25) is 4.57 Å². The van der Waals surface area contributed by atoms with E-state index in [-0.39, 0.29) is 5.22 Å². The minimum absolute atomic E-state index is 0.134. The van der Waals surface area contributed by atoms with Crippen molar-refractivity contribution < 1.29 is 9.30 Å². The van der Waals surface area contributed by atoms with Crippen LogP contribution in [0.4, 0.5) is 0 Å². The standard InChI is InChI=1S/C8H15Cl3NO2P/c1-3-5-6-12(15(10,11)13)7-8(9)14-4-2/h7H,3-6H2,1-2H3. The van der Waals surface area contributed by atoms with Crippen molar-refractivity contribution in [3.05, 3.63) is 11.4 Å². The molecule has 0 fully saturated rings. The molecule has 0 saturated heterocycles. The van der Waals surface area contributed by atoms with Crippen LogP contribution in [0.3, 0.4) is 0 Å². The molecule has 0 aliphatic carbocycles. The van der Waals surface area contributed by atoms with Crippen LogP contribution in [0.1, 0.15) is 26.7 Å². The molecule has 0 bridgehead atoms. The van der Waals surface area contributed by atoms with E-state index in [1.807, 2.05) is 6.92 Å². The van der Waals surface area contributed by atoms with E-state index in [1.165, 1.54) is 10.9 Å². The fourth-order valence-corrected chi connectivity index (χ4v) is 2.48. The molecule has 0 amide bonds. The molecule has 3 nitrogen and oxygen atoms in total. The van der Waals surface area contributed by atoms with Crippen molar-refractivity contribution in [1.82, 2.24) is 4.67 Å². The van der Waals surface area contributed by atoms with Crippen LogP contribution in [0, 0.1) is 0 Å². The molecule has 0 saturated carbocycles. The molecule has 0 aliphatic rings. The third-order valence-corrected chi connectivity index (χ3v) is 3.86. The van der Waals surface area contributed by atoms with E-state index >= 15 is 0 Å². The van der Waals surface area contributed by atoms with E-state index in [0.717, 1.165) is 12.8 Å². The summed E-state index contributed by atoms with van der Waals surface area (Å²) in [6, 6.07) is 0. The molecule has 0 aromatic carbocycles. The van der Waals surface area contributed by atoms with Crippen LogP contribution in [0.15, 0.2) is 11.4 Å². The van der Waals surface area contributed by atoms with Crippen LogP contribution in [0.5, 0.6) is 0 Å². The van der Waals surface area contributed by atoms with Crippen LogP contribution in [0.25, 0.3) is 0 Å². The maximum atomic E-state index is 11.5. The van der Waals surface area contributed by atoms with E-state index in [4.69, 9.17) is 38.8 Å². The molecule has 0 unspecified atom stereocenters. The van der Waals surface area contributed by atoms with Crippen LogP contribution in [0.2, 0.25) is 0 Å². The second-order valence-electron chi connectivity index (χ2n) is 2.82. The van der Waals surface area contributed by atoms with Gasteiger partial charge in [0.25, 0.3) is 0 Å². The van der Waals surface area contributed by atoms with Crippen LogP contribution in [-0.4, -0.2) is 17.8 Å². The van der Waals surface area contributed by atoms with Crippen LogP contribution < -0.4 is 0 Å². The number of hydrogen-bond acceptors (Lipinski definition) is 2. The Balaban J connectivity index is 4.50. The molecule has 0 atom stereocenters. The minimum Gasteiger partial charge on any atom is -0.482 e. The first-order valence-corrected chi connectivity index (χ1v) is 8.53. The Morgan fingerprint density at radius 1 is 1.47 bits per heavy atom. The molecule has 0 radical (unpaired) electrons. The summed E-state index contributed by atoms with van der Waals surface area (Å²) in [5, 5.41) is 0.134. The Morgan fingerprint density at radius 3 is 2.47 bits per heavy atom. The van der Waals surface area contributed by atoms with Gasteiger partial charge in [-0.2, -0.15) is 0 Å².